The third-order valence-electron chi connectivity index (χ3n) is 5.62. The third kappa shape index (κ3) is 4.86. The summed E-state index contributed by atoms with van der Waals surface area (Å²) in [7, 11) is -4.04. The van der Waals surface area contributed by atoms with Crippen LogP contribution in [0, 0.1) is 17.2 Å². The molecule has 3 rings (SSSR count). The molecule has 1 aromatic carbocycles. The van der Waals surface area contributed by atoms with Gasteiger partial charge in [0.25, 0.3) is 0 Å². The maximum atomic E-state index is 12.6. The van der Waals surface area contributed by atoms with Crippen LogP contribution in [0.5, 0.6) is 0 Å². The molecule has 0 N–H and O–H groups in total. The molecule has 1 aliphatic heterocycles. The Kier molecular flexibility index (Phi) is 6.39. The molecule has 1 amide bonds. The first-order valence-electron chi connectivity index (χ1n) is 10.8. The van der Waals surface area contributed by atoms with Crippen molar-refractivity contribution in [1.29, 1.82) is 5.26 Å². The van der Waals surface area contributed by atoms with Gasteiger partial charge in [-0.05, 0) is 50.9 Å². The number of nitrogens with zero attached hydrogens (tertiary/aromatic N) is 2. The number of hydroxylamine groups is 2. The first-order chi connectivity index (χ1) is 14.3. The maximum absolute atomic E-state index is 12.6. The number of amides is 1. The first kappa shape index (κ1) is 23.9. The van der Waals surface area contributed by atoms with Crippen molar-refractivity contribution in [1.82, 2.24) is 5.06 Å². The minimum Gasteiger partial charge on any atom is -0.411 e. The van der Waals surface area contributed by atoms with Crippen molar-refractivity contribution in [3.63, 3.8) is 0 Å². The Morgan fingerprint density at radius 2 is 1.74 bits per heavy atom. The molecule has 0 radical (unpaired) electrons. The Hall–Kier alpha value is -1.77. The number of β-lactam (4-membered cyclic amide) rings is 1. The average molecular weight is 459 g/mol. The summed E-state index contributed by atoms with van der Waals surface area (Å²) in [5.41, 5.74) is -0.820. The lowest BCUT2D eigenvalue weighted by Crippen LogP contribution is -2.74. The van der Waals surface area contributed by atoms with Crippen LogP contribution in [0.1, 0.15) is 18.9 Å². The van der Waals surface area contributed by atoms with Crippen molar-refractivity contribution >= 4 is 22.5 Å². The molecular formula is C23H34N2O4Si2. The molecule has 0 bridgehead atoms. The van der Waals surface area contributed by atoms with Gasteiger partial charge in [-0.2, -0.15) is 5.26 Å². The molecule has 1 aromatic rings. The molecule has 1 fully saturated rings. The van der Waals surface area contributed by atoms with Gasteiger partial charge in [0, 0.05) is 5.92 Å². The summed E-state index contributed by atoms with van der Waals surface area (Å²) in [5.74, 6) is -0.343. The molecule has 2 aliphatic rings. The Labute approximate surface area is 188 Å². The van der Waals surface area contributed by atoms with E-state index in [0.717, 1.165) is 5.56 Å². The zero-order valence-corrected chi connectivity index (χ0v) is 21.6. The van der Waals surface area contributed by atoms with Crippen molar-refractivity contribution in [2.24, 2.45) is 5.92 Å². The number of rotatable bonds is 7. The molecule has 1 saturated heterocycles. The van der Waals surface area contributed by atoms with Gasteiger partial charge < -0.3 is 8.85 Å². The smallest absolute Gasteiger partial charge is 0.249 e. The standard InChI is InChI=1S/C23H34N2O4Si2/c1-18-21(28-30(2,3)4)22(13-14-23(18,17-24)29-31(5,6)7)15-20(26)25(22)27-16-19-11-9-8-10-12-19/h8-14,18,21H,15-16H2,1-7H3/t18-,21+,22-,23-/m0/s1. The summed E-state index contributed by atoms with van der Waals surface area (Å²) in [6.45, 7) is 14.9. The molecular weight excluding hydrogens is 424 g/mol. The molecule has 31 heavy (non-hydrogen) atoms. The number of nitriles is 1. The minimum absolute atomic E-state index is 0.0764. The predicted octanol–water partition coefficient (Wildman–Crippen LogP) is 4.63. The molecule has 0 aromatic heterocycles. The van der Waals surface area contributed by atoms with E-state index in [1.807, 2.05) is 49.4 Å². The van der Waals surface area contributed by atoms with E-state index >= 15 is 0 Å². The van der Waals surface area contributed by atoms with Crippen molar-refractivity contribution in [2.75, 3.05) is 0 Å². The molecule has 0 saturated carbocycles. The van der Waals surface area contributed by atoms with Crippen molar-refractivity contribution < 1.29 is 18.5 Å². The fraction of sp³-hybridized carbons (Fsp3) is 0.565. The van der Waals surface area contributed by atoms with Gasteiger partial charge in [0.15, 0.2) is 22.2 Å². The highest BCUT2D eigenvalue weighted by Gasteiger charge is 2.64. The largest absolute Gasteiger partial charge is 0.411 e. The SMILES string of the molecule is C[C@H]1[C@@H](O[Si](C)(C)C)[C@]2(C=C[C@@]1(C#N)O[Si](C)(C)C)CC(=O)N2OCc1ccccc1. The van der Waals surface area contributed by atoms with Crippen LogP contribution < -0.4 is 0 Å². The van der Waals surface area contributed by atoms with E-state index in [4.69, 9.17) is 13.7 Å². The summed E-state index contributed by atoms with van der Waals surface area (Å²) in [4.78, 5) is 18.7. The Bertz CT molecular complexity index is 888. The van der Waals surface area contributed by atoms with E-state index in [0.29, 0.717) is 13.0 Å². The van der Waals surface area contributed by atoms with Gasteiger partial charge in [0.1, 0.15) is 18.2 Å². The molecule has 0 unspecified atom stereocenters. The summed E-state index contributed by atoms with van der Waals surface area (Å²) >= 11 is 0. The summed E-state index contributed by atoms with van der Waals surface area (Å²) in [6, 6.07) is 12.2. The summed E-state index contributed by atoms with van der Waals surface area (Å²) in [6.07, 6.45) is 3.67. The van der Waals surface area contributed by atoms with E-state index in [1.54, 1.807) is 0 Å². The lowest BCUT2D eigenvalue weighted by atomic mass is 9.66. The highest BCUT2D eigenvalue weighted by Crippen LogP contribution is 2.49. The van der Waals surface area contributed by atoms with Crippen LogP contribution in [0.3, 0.4) is 0 Å². The Morgan fingerprint density at radius 1 is 1.10 bits per heavy atom. The first-order valence-corrected chi connectivity index (χ1v) is 17.6. The quantitative estimate of drug-likeness (QED) is 0.338. The van der Waals surface area contributed by atoms with Gasteiger partial charge in [-0.15, -0.1) is 0 Å². The normalized spacial score (nSPS) is 30.9. The fourth-order valence-corrected chi connectivity index (χ4v) is 6.81. The van der Waals surface area contributed by atoms with E-state index in [-0.39, 0.29) is 11.8 Å². The average Bonchev–Trinajstić information content (AvgIpc) is 2.66. The van der Waals surface area contributed by atoms with Gasteiger partial charge >= 0.3 is 0 Å². The Balaban J connectivity index is 1.97. The lowest BCUT2D eigenvalue weighted by Gasteiger charge is -2.59. The van der Waals surface area contributed by atoms with Gasteiger partial charge in [-0.1, -0.05) is 43.3 Å². The van der Waals surface area contributed by atoms with Crippen LogP contribution in [0.2, 0.25) is 39.3 Å². The second kappa shape index (κ2) is 8.30. The van der Waals surface area contributed by atoms with Crippen LogP contribution in [0.4, 0.5) is 0 Å². The van der Waals surface area contributed by atoms with Gasteiger partial charge in [0.2, 0.25) is 5.91 Å². The fourth-order valence-electron chi connectivity index (χ4n) is 4.33. The molecule has 6 nitrogen and oxygen atoms in total. The number of hydrogen-bond acceptors (Lipinski definition) is 5. The summed E-state index contributed by atoms with van der Waals surface area (Å²) in [5, 5.41) is 11.6. The number of benzene rings is 1. The van der Waals surface area contributed by atoms with Crippen LogP contribution >= 0.6 is 0 Å². The van der Waals surface area contributed by atoms with Gasteiger partial charge in [-0.3, -0.25) is 9.63 Å². The third-order valence-corrected chi connectivity index (χ3v) is 7.53. The van der Waals surface area contributed by atoms with Crippen LogP contribution in [-0.2, 0) is 25.1 Å². The van der Waals surface area contributed by atoms with E-state index in [2.05, 4.69) is 45.4 Å². The van der Waals surface area contributed by atoms with Crippen LogP contribution in [-0.4, -0.2) is 44.8 Å². The zero-order chi connectivity index (χ0) is 23.1. The second-order valence-corrected chi connectivity index (χ2v) is 19.4. The van der Waals surface area contributed by atoms with E-state index in [9.17, 15) is 10.1 Å². The van der Waals surface area contributed by atoms with E-state index in [1.165, 1.54) is 5.06 Å². The maximum Gasteiger partial charge on any atom is 0.249 e. The number of carbonyl (C=O) groups excluding carboxylic acids is 1. The molecule has 8 heteroatoms. The Morgan fingerprint density at radius 3 is 2.26 bits per heavy atom. The topological polar surface area (TPSA) is 71.8 Å². The molecule has 1 heterocycles. The minimum atomic E-state index is -2.03. The van der Waals surface area contributed by atoms with Crippen molar-refractivity contribution in [2.45, 2.75) is 76.5 Å². The number of carbonyl (C=O) groups is 1. The lowest BCUT2D eigenvalue weighted by molar-refractivity contribution is -0.275. The van der Waals surface area contributed by atoms with Gasteiger partial charge in [-0.25, -0.2) is 5.06 Å². The molecule has 4 atom stereocenters. The van der Waals surface area contributed by atoms with Gasteiger partial charge in [0.05, 0.1) is 12.5 Å². The van der Waals surface area contributed by atoms with Crippen LogP contribution in [0.25, 0.3) is 0 Å². The monoisotopic (exact) mass is 458 g/mol. The zero-order valence-electron chi connectivity index (χ0n) is 19.6. The predicted molar refractivity (Wildman–Crippen MR) is 125 cm³/mol. The van der Waals surface area contributed by atoms with E-state index < -0.39 is 33.9 Å². The summed E-state index contributed by atoms with van der Waals surface area (Å²) < 4.78 is 13.1. The molecule has 1 aliphatic carbocycles. The van der Waals surface area contributed by atoms with Crippen molar-refractivity contribution in [3.8, 4) is 6.07 Å². The molecule has 1 spiro atoms. The molecule has 168 valence electrons. The number of hydrogen-bond donors (Lipinski definition) is 0. The van der Waals surface area contributed by atoms with Crippen LogP contribution in [0.15, 0.2) is 42.5 Å². The highest BCUT2D eigenvalue weighted by molar-refractivity contribution is 6.70. The second-order valence-electron chi connectivity index (χ2n) is 10.5. The van der Waals surface area contributed by atoms with Crippen molar-refractivity contribution in [3.05, 3.63) is 48.0 Å². The highest BCUT2D eigenvalue weighted by atomic mass is 28.4.